The van der Waals surface area contributed by atoms with Gasteiger partial charge in [-0.05, 0) is 18.9 Å². The topological polar surface area (TPSA) is 123 Å². The van der Waals surface area contributed by atoms with E-state index in [4.69, 9.17) is 5.73 Å². The Labute approximate surface area is 132 Å². The molecule has 23 heavy (non-hydrogen) atoms. The van der Waals surface area contributed by atoms with Crippen molar-refractivity contribution in [3.63, 3.8) is 0 Å². The van der Waals surface area contributed by atoms with Gasteiger partial charge in [-0.1, -0.05) is 13.8 Å². The number of aromatic amines is 1. The SMILES string of the molecule is CCn1c(=O)[nH]c(=O)c2c(C(=O)NCCN)cc(C(C)C)nc21. The second kappa shape index (κ2) is 6.74. The number of amides is 1. The standard InChI is InChI=1S/C15H21N5O3/c1-4-20-12-11(14(22)19-15(20)23)9(13(21)17-6-5-16)7-10(18-12)8(2)3/h7-8H,4-6,16H2,1-3H3,(H,17,21)(H,19,22,23). The summed E-state index contributed by atoms with van der Waals surface area (Å²) >= 11 is 0. The summed E-state index contributed by atoms with van der Waals surface area (Å²) in [4.78, 5) is 43.3. The number of H-pyrrole nitrogens is 1. The highest BCUT2D eigenvalue weighted by atomic mass is 16.2. The first-order chi connectivity index (χ1) is 10.9. The molecule has 8 heteroatoms. The first kappa shape index (κ1) is 16.9. The minimum Gasteiger partial charge on any atom is -0.351 e. The van der Waals surface area contributed by atoms with Gasteiger partial charge in [-0.25, -0.2) is 9.78 Å². The number of fused-ring (bicyclic) bond motifs is 1. The first-order valence-electron chi connectivity index (χ1n) is 7.56. The van der Waals surface area contributed by atoms with Gasteiger partial charge < -0.3 is 11.1 Å². The quantitative estimate of drug-likeness (QED) is 0.711. The number of pyridine rings is 1. The van der Waals surface area contributed by atoms with Crippen LogP contribution in [0.5, 0.6) is 0 Å². The van der Waals surface area contributed by atoms with E-state index in [1.165, 1.54) is 4.57 Å². The van der Waals surface area contributed by atoms with Crippen molar-refractivity contribution in [2.24, 2.45) is 5.73 Å². The summed E-state index contributed by atoms with van der Waals surface area (Å²) in [6.07, 6.45) is 0. The maximum atomic E-state index is 12.4. The number of aromatic nitrogens is 3. The Hall–Kier alpha value is -2.48. The lowest BCUT2D eigenvalue weighted by molar-refractivity contribution is 0.0956. The monoisotopic (exact) mass is 319 g/mol. The second-order valence-corrected chi connectivity index (χ2v) is 5.50. The molecule has 1 amide bonds. The number of nitrogens with zero attached hydrogens (tertiary/aromatic N) is 2. The zero-order valence-corrected chi connectivity index (χ0v) is 13.5. The molecule has 0 spiro atoms. The highest BCUT2D eigenvalue weighted by Gasteiger charge is 2.19. The van der Waals surface area contributed by atoms with Crippen LogP contribution in [0.2, 0.25) is 0 Å². The van der Waals surface area contributed by atoms with E-state index in [2.05, 4.69) is 15.3 Å². The Morgan fingerprint density at radius 3 is 2.70 bits per heavy atom. The molecule has 0 radical (unpaired) electrons. The van der Waals surface area contributed by atoms with Gasteiger partial charge in [0.1, 0.15) is 0 Å². The highest BCUT2D eigenvalue weighted by Crippen LogP contribution is 2.19. The summed E-state index contributed by atoms with van der Waals surface area (Å²) in [5.41, 5.74) is 5.32. The molecule has 2 aromatic heterocycles. The molecule has 0 aliphatic heterocycles. The van der Waals surface area contributed by atoms with Gasteiger partial charge in [0.05, 0.1) is 10.9 Å². The number of hydrogen-bond acceptors (Lipinski definition) is 5. The molecule has 0 saturated carbocycles. The average molecular weight is 319 g/mol. The molecule has 0 saturated heterocycles. The fraction of sp³-hybridized carbons (Fsp3) is 0.467. The molecule has 124 valence electrons. The molecule has 2 rings (SSSR count). The first-order valence-corrected chi connectivity index (χ1v) is 7.56. The third kappa shape index (κ3) is 3.16. The fourth-order valence-corrected chi connectivity index (χ4v) is 2.34. The Balaban J connectivity index is 2.86. The molecule has 2 aromatic rings. The Kier molecular flexibility index (Phi) is 4.95. The average Bonchev–Trinajstić information content (AvgIpc) is 2.51. The maximum absolute atomic E-state index is 12.4. The van der Waals surface area contributed by atoms with Crippen molar-refractivity contribution in [1.82, 2.24) is 19.9 Å². The van der Waals surface area contributed by atoms with Crippen molar-refractivity contribution >= 4 is 16.9 Å². The van der Waals surface area contributed by atoms with Crippen molar-refractivity contribution in [2.45, 2.75) is 33.2 Å². The molecule has 0 aliphatic carbocycles. The smallest absolute Gasteiger partial charge is 0.329 e. The lowest BCUT2D eigenvalue weighted by atomic mass is 10.0. The summed E-state index contributed by atoms with van der Waals surface area (Å²) in [5, 5.41) is 2.77. The van der Waals surface area contributed by atoms with Crippen molar-refractivity contribution in [3.05, 3.63) is 38.2 Å². The Morgan fingerprint density at radius 1 is 1.43 bits per heavy atom. The van der Waals surface area contributed by atoms with Crippen molar-refractivity contribution in [2.75, 3.05) is 13.1 Å². The number of aryl methyl sites for hydroxylation is 1. The van der Waals surface area contributed by atoms with Crippen molar-refractivity contribution < 1.29 is 4.79 Å². The molecule has 0 fully saturated rings. The van der Waals surface area contributed by atoms with Crippen LogP contribution in [0.25, 0.3) is 11.0 Å². The largest absolute Gasteiger partial charge is 0.351 e. The number of carbonyl (C=O) groups is 1. The van der Waals surface area contributed by atoms with Gasteiger partial charge in [-0.2, -0.15) is 0 Å². The third-order valence-electron chi connectivity index (χ3n) is 3.55. The van der Waals surface area contributed by atoms with Gasteiger partial charge in [0.2, 0.25) is 0 Å². The van der Waals surface area contributed by atoms with Crippen LogP contribution >= 0.6 is 0 Å². The zero-order chi connectivity index (χ0) is 17.1. The molecule has 0 aliphatic rings. The minimum absolute atomic E-state index is 0.0418. The van der Waals surface area contributed by atoms with Crippen LogP contribution in [-0.4, -0.2) is 33.5 Å². The zero-order valence-electron chi connectivity index (χ0n) is 13.5. The van der Waals surface area contributed by atoms with E-state index < -0.39 is 17.2 Å². The number of nitrogens with one attached hydrogen (secondary N) is 2. The normalized spacial score (nSPS) is 11.2. The molecule has 0 atom stereocenters. The Morgan fingerprint density at radius 2 is 2.13 bits per heavy atom. The van der Waals surface area contributed by atoms with Crippen LogP contribution < -0.4 is 22.3 Å². The predicted octanol–water partition coefficient (Wildman–Crippen LogP) is -0.0834. The van der Waals surface area contributed by atoms with Crippen molar-refractivity contribution in [3.8, 4) is 0 Å². The van der Waals surface area contributed by atoms with E-state index in [0.717, 1.165) is 0 Å². The van der Waals surface area contributed by atoms with Gasteiger partial charge in [-0.3, -0.25) is 19.1 Å². The van der Waals surface area contributed by atoms with E-state index in [-0.39, 0.29) is 22.5 Å². The lowest BCUT2D eigenvalue weighted by Gasteiger charge is -2.13. The lowest BCUT2D eigenvalue weighted by Crippen LogP contribution is -2.34. The predicted molar refractivity (Wildman–Crippen MR) is 87.8 cm³/mol. The summed E-state index contributed by atoms with van der Waals surface area (Å²) < 4.78 is 1.35. The summed E-state index contributed by atoms with van der Waals surface area (Å²) in [5.74, 6) is -0.364. The van der Waals surface area contributed by atoms with Crippen LogP contribution in [0.15, 0.2) is 15.7 Å². The van der Waals surface area contributed by atoms with Crippen LogP contribution in [0.3, 0.4) is 0 Å². The molecular weight excluding hydrogens is 298 g/mol. The van der Waals surface area contributed by atoms with Crippen LogP contribution in [0.1, 0.15) is 42.7 Å². The molecule has 2 heterocycles. The molecule has 0 aromatic carbocycles. The molecular formula is C15H21N5O3. The highest BCUT2D eigenvalue weighted by molar-refractivity contribution is 6.05. The molecule has 0 bridgehead atoms. The van der Waals surface area contributed by atoms with E-state index in [9.17, 15) is 14.4 Å². The summed E-state index contributed by atoms with van der Waals surface area (Å²) in [6.45, 7) is 6.56. The molecule has 4 N–H and O–H groups in total. The minimum atomic E-state index is -0.615. The number of carbonyl (C=O) groups excluding carboxylic acids is 1. The number of hydrogen-bond donors (Lipinski definition) is 3. The van der Waals surface area contributed by atoms with Gasteiger partial charge in [0.15, 0.2) is 5.65 Å². The maximum Gasteiger partial charge on any atom is 0.329 e. The van der Waals surface area contributed by atoms with Crippen LogP contribution in [0.4, 0.5) is 0 Å². The summed E-state index contributed by atoms with van der Waals surface area (Å²) in [7, 11) is 0. The van der Waals surface area contributed by atoms with Crippen LogP contribution in [0, 0.1) is 0 Å². The van der Waals surface area contributed by atoms with Gasteiger partial charge >= 0.3 is 5.69 Å². The number of rotatable bonds is 5. The molecule has 0 unspecified atom stereocenters. The number of nitrogens with two attached hydrogens (primary N) is 1. The van der Waals surface area contributed by atoms with Gasteiger partial charge in [0.25, 0.3) is 11.5 Å². The Bertz CT molecular complexity index is 851. The van der Waals surface area contributed by atoms with Crippen molar-refractivity contribution in [1.29, 1.82) is 0 Å². The van der Waals surface area contributed by atoms with E-state index in [1.807, 2.05) is 13.8 Å². The van der Waals surface area contributed by atoms with Gasteiger partial charge in [-0.15, -0.1) is 0 Å². The van der Waals surface area contributed by atoms with E-state index in [0.29, 0.717) is 25.3 Å². The summed E-state index contributed by atoms with van der Waals surface area (Å²) in [6, 6.07) is 1.60. The third-order valence-corrected chi connectivity index (χ3v) is 3.55. The fourth-order valence-electron chi connectivity index (χ4n) is 2.34. The van der Waals surface area contributed by atoms with Crippen LogP contribution in [-0.2, 0) is 6.54 Å². The van der Waals surface area contributed by atoms with E-state index >= 15 is 0 Å². The second-order valence-electron chi connectivity index (χ2n) is 5.50. The van der Waals surface area contributed by atoms with Gasteiger partial charge in [0, 0.05) is 25.3 Å². The molecule has 8 nitrogen and oxygen atoms in total. The van der Waals surface area contributed by atoms with E-state index in [1.54, 1.807) is 13.0 Å².